The second-order valence-electron chi connectivity index (χ2n) is 8.41. The van der Waals surface area contributed by atoms with Gasteiger partial charge in [-0.25, -0.2) is 4.99 Å². The molecule has 4 nitrogen and oxygen atoms in total. The summed E-state index contributed by atoms with van der Waals surface area (Å²) < 4.78 is 9.28. The monoisotopic (exact) mass is 528 g/mol. The number of allylic oxidation sites excluding steroid dienone is 1. The van der Waals surface area contributed by atoms with Crippen molar-refractivity contribution in [2.75, 3.05) is 7.11 Å². The summed E-state index contributed by atoms with van der Waals surface area (Å²) >= 11 is 4.92. The van der Waals surface area contributed by atoms with Crippen molar-refractivity contribution in [2.45, 2.75) is 18.9 Å². The molecule has 0 N–H and O–H groups in total. The molecule has 3 aromatic carbocycles. The van der Waals surface area contributed by atoms with E-state index in [1.807, 2.05) is 53.1 Å². The predicted octanol–water partition coefficient (Wildman–Crippen LogP) is 5.09. The number of thiazole rings is 1. The van der Waals surface area contributed by atoms with Gasteiger partial charge in [0.2, 0.25) is 0 Å². The number of fused-ring (bicyclic) bond motifs is 3. The van der Waals surface area contributed by atoms with Crippen molar-refractivity contribution in [3.8, 4) is 5.75 Å². The number of rotatable bonds is 3. The Labute approximate surface area is 209 Å². The molecule has 1 aliphatic heterocycles. The van der Waals surface area contributed by atoms with E-state index in [0.29, 0.717) is 4.53 Å². The summed E-state index contributed by atoms with van der Waals surface area (Å²) in [6.45, 7) is 0. The lowest BCUT2D eigenvalue weighted by Crippen LogP contribution is -2.38. The van der Waals surface area contributed by atoms with E-state index in [1.54, 1.807) is 7.11 Å². The third-order valence-corrected chi connectivity index (χ3v) is 7.99. The minimum atomic E-state index is -0.247. The van der Waals surface area contributed by atoms with Crippen LogP contribution in [-0.4, -0.2) is 11.7 Å². The number of ether oxygens (including phenoxy) is 1. The first-order chi connectivity index (χ1) is 16.6. The number of para-hydroxylation sites is 1. The SMILES string of the molecule is COc1ccccc1[C@H]1C2=C(N=c3s/c(=C\c4ccc(Br)cc4)c(=O)n31)c1ccccc1CC2. The van der Waals surface area contributed by atoms with Crippen LogP contribution in [0.1, 0.15) is 34.7 Å². The van der Waals surface area contributed by atoms with Crippen LogP contribution in [0.5, 0.6) is 5.75 Å². The molecule has 0 spiro atoms. The largest absolute Gasteiger partial charge is 0.496 e. The van der Waals surface area contributed by atoms with Crippen molar-refractivity contribution in [3.05, 3.63) is 125 Å². The minimum Gasteiger partial charge on any atom is -0.496 e. The molecule has 0 saturated heterocycles. The Bertz CT molecular complexity index is 1630. The normalized spacial score (nSPS) is 17.0. The fourth-order valence-corrected chi connectivity index (χ4v) is 6.17. The van der Waals surface area contributed by atoms with Gasteiger partial charge >= 0.3 is 0 Å². The third kappa shape index (κ3) is 3.49. The molecule has 6 rings (SSSR count). The Morgan fingerprint density at radius 1 is 1.03 bits per heavy atom. The standard InChI is InChI=1S/C28H21BrN2O2S/c1-33-23-9-5-4-8-21(23)26-22-15-12-18-6-2-3-7-20(18)25(22)30-28-31(26)27(32)24(34-28)16-17-10-13-19(29)14-11-17/h2-11,13-14,16,26H,12,15H2,1H3/b24-16-/t26-/m0/s1. The first-order valence-corrected chi connectivity index (χ1v) is 12.8. The second kappa shape index (κ2) is 8.53. The zero-order chi connectivity index (χ0) is 23.2. The molecule has 1 aliphatic carbocycles. The molecule has 2 aliphatic rings. The molecule has 0 fully saturated rings. The van der Waals surface area contributed by atoms with Crippen LogP contribution in [0.3, 0.4) is 0 Å². The van der Waals surface area contributed by atoms with Gasteiger partial charge < -0.3 is 4.74 Å². The van der Waals surface area contributed by atoms with E-state index in [0.717, 1.165) is 50.3 Å². The Hall–Kier alpha value is -3.22. The second-order valence-corrected chi connectivity index (χ2v) is 10.3. The average Bonchev–Trinajstić information content (AvgIpc) is 3.18. The maximum atomic E-state index is 13.8. The highest BCUT2D eigenvalue weighted by molar-refractivity contribution is 9.10. The molecular formula is C28H21BrN2O2S. The maximum Gasteiger partial charge on any atom is 0.271 e. The molecule has 1 atom stereocenters. The van der Waals surface area contributed by atoms with Gasteiger partial charge in [0.15, 0.2) is 4.80 Å². The maximum absolute atomic E-state index is 13.8. The molecule has 0 saturated carbocycles. The van der Waals surface area contributed by atoms with Crippen molar-refractivity contribution < 1.29 is 4.74 Å². The van der Waals surface area contributed by atoms with E-state index in [-0.39, 0.29) is 11.6 Å². The van der Waals surface area contributed by atoms with Crippen LogP contribution < -0.4 is 19.6 Å². The lowest BCUT2D eigenvalue weighted by molar-refractivity contribution is 0.402. The van der Waals surface area contributed by atoms with Gasteiger partial charge in [0.25, 0.3) is 5.56 Å². The summed E-state index contributed by atoms with van der Waals surface area (Å²) in [5.74, 6) is 0.780. The predicted molar refractivity (Wildman–Crippen MR) is 140 cm³/mol. The van der Waals surface area contributed by atoms with Crippen molar-refractivity contribution in [3.63, 3.8) is 0 Å². The highest BCUT2D eigenvalue weighted by Gasteiger charge is 2.33. The summed E-state index contributed by atoms with van der Waals surface area (Å²) in [7, 11) is 1.68. The van der Waals surface area contributed by atoms with Gasteiger partial charge in [0.1, 0.15) is 5.75 Å². The molecule has 2 heterocycles. The van der Waals surface area contributed by atoms with E-state index < -0.39 is 0 Å². The highest BCUT2D eigenvalue weighted by Crippen LogP contribution is 2.43. The van der Waals surface area contributed by atoms with Crippen LogP contribution >= 0.6 is 27.3 Å². The summed E-state index contributed by atoms with van der Waals surface area (Å²) in [6, 6.07) is 24.2. The van der Waals surface area contributed by atoms with Gasteiger partial charge in [-0.2, -0.15) is 0 Å². The lowest BCUT2D eigenvalue weighted by atomic mass is 9.83. The van der Waals surface area contributed by atoms with E-state index in [9.17, 15) is 4.79 Å². The van der Waals surface area contributed by atoms with Crippen LogP contribution in [0.2, 0.25) is 0 Å². The molecule has 0 amide bonds. The zero-order valence-corrected chi connectivity index (χ0v) is 20.9. The number of hydrogen-bond donors (Lipinski definition) is 0. The molecule has 1 aromatic heterocycles. The van der Waals surface area contributed by atoms with Crippen LogP contribution in [-0.2, 0) is 6.42 Å². The number of methoxy groups -OCH3 is 1. The Balaban J connectivity index is 1.64. The van der Waals surface area contributed by atoms with Crippen molar-refractivity contribution in [1.82, 2.24) is 4.57 Å². The van der Waals surface area contributed by atoms with E-state index in [1.165, 1.54) is 22.5 Å². The number of nitrogens with zero attached hydrogens (tertiary/aromatic N) is 2. The first-order valence-electron chi connectivity index (χ1n) is 11.2. The summed E-state index contributed by atoms with van der Waals surface area (Å²) in [5.41, 5.74) is 6.58. The van der Waals surface area contributed by atoms with E-state index >= 15 is 0 Å². The van der Waals surface area contributed by atoms with Crippen molar-refractivity contribution >= 4 is 39.0 Å². The van der Waals surface area contributed by atoms with Gasteiger partial charge in [-0.15, -0.1) is 0 Å². The number of hydrogen-bond acceptors (Lipinski definition) is 4. The quantitative estimate of drug-likeness (QED) is 0.371. The van der Waals surface area contributed by atoms with Crippen LogP contribution in [0, 0.1) is 0 Å². The van der Waals surface area contributed by atoms with Gasteiger partial charge in [-0.1, -0.05) is 81.9 Å². The first kappa shape index (κ1) is 21.3. The number of aromatic nitrogens is 1. The van der Waals surface area contributed by atoms with E-state index in [4.69, 9.17) is 9.73 Å². The van der Waals surface area contributed by atoms with Crippen LogP contribution in [0.15, 0.2) is 92.6 Å². The fourth-order valence-electron chi connectivity index (χ4n) is 4.90. The molecule has 0 radical (unpaired) electrons. The number of aryl methyl sites for hydroxylation is 1. The minimum absolute atomic E-state index is 0.0204. The van der Waals surface area contributed by atoms with Crippen molar-refractivity contribution in [1.29, 1.82) is 0 Å². The smallest absolute Gasteiger partial charge is 0.271 e. The van der Waals surface area contributed by atoms with Gasteiger partial charge in [0, 0.05) is 15.6 Å². The fraction of sp³-hybridized carbons (Fsp3) is 0.143. The summed E-state index contributed by atoms with van der Waals surface area (Å²) in [5, 5.41) is 0. The molecule has 6 heteroatoms. The number of benzene rings is 3. The van der Waals surface area contributed by atoms with Gasteiger partial charge in [-0.3, -0.25) is 9.36 Å². The topological polar surface area (TPSA) is 43.6 Å². The third-order valence-electron chi connectivity index (χ3n) is 6.47. The lowest BCUT2D eigenvalue weighted by Gasteiger charge is -2.31. The summed E-state index contributed by atoms with van der Waals surface area (Å²) in [4.78, 5) is 19.6. The molecule has 0 unspecified atom stereocenters. The van der Waals surface area contributed by atoms with Crippen molar-refractivity contribution in [2.24, 2.45) is 4.99 Å². The Morgan fingerprint density at radius 2 is 1.79 bits per heavy atom. The highest BCUT2D eigenvalue weighted by atomic mass is 79.9. The van der Waals surface area contributed by atoms with E-state index in [2.05, 4.69) is 46.3 Å². The van der Waals surface area contributed by atoms with Gasteiger partial charge in [0.05, 0.1) is 23.4 Å². The molecule has 4 aromatic rings. The van der Waals surface area contributed by atoms with Crippen LogP contribution in [0.4, 0.5) is 0 Å². The molecular weight excluding hydrogens is 508 g/mol. The Kier molecular flexibility index (Phi) is 5.35. The molecule has 168 valence electrons. The zero-order valence-electron chi connectivity index (χ0n) is 18.5. The molecule has 34 heavy (non-hydrogen) atoms. The average molecular weight is 529 g/mol. The Morgan fingerprint density at radius 3 is 2.62 bits per heavy atom. The van der Waals surface area contributed by atoms with Crippen LogP contribution in [0.25, 0.3) is 11.8 Å². The molecule has 0 bridgehead atoms. The number of halogens is 1. The van der Waals surface area contributed by atoms with Gasteiger partial charge in [-0.05, 0) is 53.8 Å². The summed E-state index contributed by atoms with van der Waals surface area (Å²) in [6.07, 6.45) is 3.74.